The highest BCUT2D eigenvalue weighted by atomic mass is 79.9. The van der Waals surface area contributed by atoms with E-state index in [1.165, 1.54) is 0 Å². The molecule has 0 fully saturated rings. The molecule has 8 nitrogen and oxygen atoms in total. The van der Waals surface area contributed by atoms with Crippen LogP contribution in [0, 0.1) is 0 Å². The largest absolute Gasteiger partial charge is 0.369 e. The van der Waals surface area contributed by atoms with Crippen molar-refractivity contribution in [1.82, 2.24) is 19.9 Å². The Morgan fingerprint density at radius 1 is 1.13 bits per heavy atom. The number of halogens is 1. The number of aromatic amines is 1. The Morgan fingerprint density at radius 3 is 2.81 bits per heavy atom. The van der Waals surface area contributed by atoms with Crippen LogP contribution in [-0.2, 0) is 6.42 Å². The first kappa shape index (κ1) is 20.5. The van der Waals surface area contributed by atoms with Gasteiger partial charge in [0.1, 0.15) is 5.82 Å². The van der Waals surface area contributed by atoms with Gasteiger partial charge in [-0.2, -0.15) is 4.98 Å². The number of H-pyrrole nitrogens is 1. The van der Waals surface area contributed by atoms with E-state index < -0.39 is 5.91 Å². The molecule has 0 bridgehead atoms. The second-order valence-corrected chi connectivity index (χ2v) is 7.61. The van der Waals surface area contributed by atoms with Crippen LogP contribution in [0.3, 0.4) is 0 Å². The van der Waals surface area contributed by atoms with Crippen LogP contribution >= 0.6 is 15.9 Å². The third kappa shape index (κ3) is 5.07. The van der Waals surface area contributed by atoms with Crippen molar-refractivity contribution in [2.45, 2.75) is 6.42 Å². The lowest BCUT2D eigenvalue weighted by atomic mass is 9.99. The van der Waals surface area contributed by atoms with Crippen molar-refractivity contribution in [2.75, 3.05) is 17.2 Å². The van der Waals surface area contributed by atoms with Gasteiger partial charge < -0.3 is 21.4 Å². The molecule has 0 aliphatic heterocycles. The summed E-state index contributed by atoms with van der Waals surface area (Å²) in [5.41, 5.74) is 9.48. The molecule has 2 aromatic heterocycles. The third-order valence-corrected chi connectivity index (χ3v) is 5.19. The van der Waals surface area contributed by atoms with Gasteiger partial charge in [0.15, 0.2) is 0 Å². The molecule has 2 heterocycles. The van der Waals surface area contributed by atoms with E-state index in [2.05, 4.69) is 46.5 Å². The highest BCUT2D eigenvalue weighted by Crippen LogP contribution is 2.27. The monoisotopic (exact) mass is 477 g/mol. The second kappa shape index (κ2) is 9.40. The number of nitrogens with zero attached hydrogens (tertiary/aromatic N) is 3. The fourth-order valence-corrected chi connectivity index (χ4v) is 3.46. The van der Waals surface area contributed by atoms with Crippen LogP contribution in [0.1, 0.15) is 16.1 Å². The number of primary amides is 1. The van der Waals surface area contributed by atoms with Crippen molar-refractivity contribution in [3.63, 3.8) is 0 Å². The molecular formula is C22H20BrN7O. The van der Waals surface area contributed by atoms with Crippen LogP contribution in [0.5, 0.6) is 0 Å². The molecule has 2 aromatic carbocycles. The molecule has 1 amide bonds. The highest BCUT2D eigenvalue weighted by molar-refractivity contribution is 9.10. The van der Waals surface area contributed by atoms with E-state index in [0.29, 0.717) is 23.9 Å². The van der Waals surface area contributed by atoms with Crippen LogP contribution < -0.4 is 16.4 Å². The quantitative estimate of drug-likeness (QED) is 0.302. The van der Waals surface area contributed by atoms with E-state index in [1.807, 2.05) is 36.4 Å². The fraction of sp³-hybridized carbons (Fsp3) is 0.0909. The zero-order valence-electron chi connectivity index (χ0n) is 16.5. The first-order valence-corrected chi connectivity index (χ1v) is 10.4. The zero-order valence-corrected chi connectivity index (χ0v) is 18.1. The number of hydrogen-bond donors (Lipinski definition) is 4. The number of aromatic nitrogens is 4. The predicted octanol–water partition coefficient (Wildman–Crippen LogP) is 4.13. The van der Waals surface area contributed by atoms with Gasteiger partial charge in [-0.25, -0.2) is 9.97 Å². The number of hydrogen-bond acceptors (Lipinski definition) is 6. The summed E-state index contributed by atoms with van der Waals surface area (Å²) in [5.74, 6) is 0.677. The van der Waals surface area contributed by atoms with Crippen molar-refractivity contribution in [3.8, 4) is 11.1 Å². The fourth-order valence-electron chi connectivity index (χ4n) is 3.13. The molecule has 4 aromatic rings. The Morgan fingerprint density at radius 2 is 2.00 bits per heavy atom. The van der Waals surface area contributed by atoms with Crippen molar-refractivity contribution in [1.29, 1.82) is 0 Å². The number of imidazole rings is 1. The molecule has 0 radical (unpaired) electrons. The molecule has 0 aliphatic rings. The number of nitrogens with two attached hydrogens (primary N) is 1. The summed E-state index contributed by atoms with van der Waals surface area (Å²) in [6.07, 6.45) is 5.95. The van der Waals surface area contributed by atoms with E-state index >= 15 is 0 Å². The summed E-state index contributed by atoms with van der Waals surface area (Å²) in [6, 6.07) is 14.9. The normalized spacial score (nSPS) is 10.6. The number of benzene rings is 2. The zero-order chi connectivity index (χ0) is 21.6. The Labute approximate surface area is 187 Å². The number of carbonyl (C=O) groups excluding carboxylic acids is 1. The second-order valence-electron chi connectivity index (χ2n) is 6.76. The third-order valence-electron chi connectivity index (χ3n) is 4.61. The molecule has 0 atom stereocenters. The summed E-state index contributed by atoms with van der Waals surface area (Å²) < 4.78 is 0.770. The molecule has 0 aliphatic carbocycles. The van der Waals surface area contributed by atoms with Crippen LogP contribution in [0.2, 0.25) is 0 Å². The molecular weight excluding hydrogens is 458 g/mol. The van der Waals surface area contributed by atoms with Crippen molar-refractivity contribution in [3.05, 3.63) is 83.0 Å². The smallest absolute Gasteiger partial charge is 0.249 e. The standard InChI is InChI=1S/C22H20BrN7O/c23-19-12-27-22(30-21(19)26-9-8-16-11-25-13-28-16)29-15-5-3-4-14(10-15)17-6-1-2-7-18(17)20(24)31/h1-7,10-13H,8-9H2,(H2,24,31)(H,25,28)(H2,26,27,29,30). The number of anilines is 3. The first-order chi connectivity index (χ1) is 15.1. The number of nitrogens with one attached hydrogen (secondary N) is 3. The SMILES string of the molecule is NC(=O)c1ccccc1-c1cccc(Nc2ncc(Br)c(NCCc3cnc[nH]3)n2)c1. The summed E-state index contributed by atoms with van der Waals surface area (Å²) in [4.78, 5) is 27.8. The average Bonchev–Trinajstić information content (AvgIpc) is 3.30. The Hall–Kier alpha value is -3.72. The lowest BCUT2D eigenvalue weighted by Gasteiger charge is -2.12. The Balaban J connectivity index is 1.51. The van der Waals surface area contributed by atoms with Gasteiger partial charge in [0.2, 0.25) is 11.9 Å². The summed E-state index contributed by atoms with van der Waals surface area (Å²) in [7, 11) is 0. The number of amides is 1. The van der Waals surface area contributed by atoms with E-state index in [-0.39, 0.29) is 0 Å². The van der Waals surface area contributed by atoms with Crippen molar-refractivity contribution < 1.29 is 4.79 Å². The highest BCUT2D eigenvalue weighted by Gasteiger charge is 2.10. The van der Waals surface area contributed by atoms with E-state index in [1.54, 1.807) is 30.9 Å². The van der Waals surface area contributed by atoms with Gasteiger partial charge in [-0.15, -0.1) is 0 Å². The maximum absolute atomic E-state index is 11.8. The van der Waals surface area contributed by atoms with E-state index in [9.17, 15) is 4.79 Å². The van der Waals surface area contributed by atoms with Gasteiger partial charge in [-0.1, -0.05) is 30.3 Å². The lowest BCUT2D eigenvalue weighted by molar-refractivity contribution is 0.100. The minimum Gasteiger partial charge on any atom is -0.369 e. The molecule has 9 heteroatoms. The van der Waals surface area contributed by atoms with Crippen molar-refractivity contribution in [2.24, 2.45) is 5.73 Å². The van der Waals surface area contributed by atoms with Crippen LogP contribution in [-0.4, -0.2) is 32.4 Å². The molecule has 4 rings (SSSR count). The van der Waals surface area contributed by atoms with Crippen LogP contribution in [0.4, 0.5) is 17.5 Å². The summed E-state index contributed by atoms with van der Waals surface area (Å²) in [5, 5.41) is 6.52. The molecule has 0 saturated heterocycles. The summed E-state index contributed by atoms with van der Waals surface area (Å²) >= 11 is 3.48. The van der Waals surface area contributed by atoms with Gasteiger partial charge in [0.05, 0.1) is 10.8 Å². The van der Waals surface area contributed by atoms with E-state index in [4.69, 9.17) is 5.73 Å². The number of rotatable bonds is 8. The Bertz CT molecular complexity index is 1190. The lowest BCUT2D eigenvalue weighted by Crippen LogP contribution is -2.12. The molecule has 5 N–H and O–H groups in total. The van der Waals surface area contributed by atoms with E-state index in [0.717, 1.165) is 33.4 Å². The molecule has 0 saturated carbocycles. The summed E-state index contributed by atoms with van der Waals surface area (Å²) in [6.45, 7) is 0.691. The van der Waals surface area contributed by atoms with Crippen LogP contribution in [0.25, 0.3) is 11.1 Å². The minimum absolute atomic E-state index is 0.451. The maximum atomic E-state index is 11.8. The first-order valence-electron chi connectivity index (χ1n) is 9.60. The van der Waals surface area contributed by atoms with Gasteiger partial charge in [-0.05, 0) is 45.3 Å². The topological polar surface area (TPSA) is 122 Å². The predicted molar refractivity (Wildman–Crippen MR) is 124 cm³/mol. The van der Waals surface area contributed by atoms with Gasteiger partial charge in [0.25, 0.3) is 0 Å². The molecule has 0 spiro atoms. The Kier molecular flexibility index (Phi) is 6.23. The average molecular weight is 478 g/mol. The van der Waals surface area contributed by atoms with Gasteiger partial charge in [-0.3, -0.25) is 4.79 Å². The minimum atomic E-state index is -0.462. The van der Waals surface area contributed by atoms with Gasteiger partial charge in [0, 0.05) is 42.3 Å². The van der Waals surface area contributed by atoms with Crippen molar-refractivity contribution >= 4 is 39.3 Å². The number of carbonyl (C=O) groups is 1. The molecule has 156 valence electrons. The molecule has 0 unspecified atom stereocenters. The van der Waals surface area contributed by atoms with Gasteiger partial charge >= 0.3 is 0 Å². The van der Waals surface area contributed by atoms with Crippen LogP contribution in [0.15, 0.2) is 71.7 Å². The maximum Gasteiger partial charge on any atom is 0.249 e. The molecule has 31 heavy (non-hydrogen) atoms.